The van der Waals surface area contributed by atoms with Gasteiger partial charge in [-0.25, -0.2) is 0 Å². The van der Waals surface area contributed by atoms with E-state index in [2.05, 4.69) is 121 Å². The van der Waals surface area contributed by atoms with Gasteiger partial charge in [-0.1, -0.05) is 72.9 Å². The van der Waals surface area contributed by atoms with Gasteiger partial charge >= 0.3 is 0 Å². The first-order valence-electron chi connectivity index (χ1n) is 14.8. The molecule has 0 fully saturated rings. The summed E-state index contributed by atoms with van der Waals surface area (Å²) in [7, 11) is 5.55. The highest BCUT2D eigenvalue weighted by Gasteiger charge is 2.26. The van der Waals surface area contributed by atoms with Crippen LogP contribution < -0.4 is 24.3 Å². The van der Waals surface area contributed by atoms with Crippen LogP contribution in [0.15, 0.2) is 103 Å². The summed E-state index contributed by atoms with van der Waals surface area (Å²) < 4.78 is 14.9. The minimum absolute atomic E-state index is 0.349. The molecule has 218 valence electrons. The first-order chi connectivity index (χ1) is 21.0. The lowest BCUT2D eigenvalue weighted by atomic mass is 9.97. The van der Waals surface area contributed by atoms with Crippen molar-refractivity contribution < 1.29 is 14.0 Å². The number of hydrogen-bond acceptors (Lipinski definition) is 5. The van der Waals surface area contributed by atoms with E-state index in [1.807, 2.05) is 18.2 Å². The molecule has 1 N–H and O–H groups in total. The third-order valence-corrected chi connectivity index (χ3v) is 9.29. The van der Waals surface area contributed by atoms with E-state index in [9.17, 15) is 0 Å². The molecule has 0 bridgehead atoms. The van der Waals surface area contributed by atoms with Crippen LogP contribution in [0.25, 0.3) is 33.0 Å². The molecule has 0 saturated heterocycles. The van der Waals surface area contributed by atoms with E-state index in [1.54, 1.807) is 25.6 Å². The van der Waals surface area contributed by atoms with Crippen molar-refractivity contribution in [2.75, 3.05) is 19.1 Å². The highest BCUT2D eigenvalue weighted by molar-refractivity contribution is 7.19. The second kappa shape index (κ2) is 12.4. The van der Waals surface area contributed by atoms with Crippen LogP contribution in [0.3, 0.4) is 0 Å². The fourth-order valence-electron chi connectivity index (χ4n) is 5.64. The molecule has 0 radical (unpaired) electrons. The lowest BCUT2D eigenvalue weighted by Crippen LogP contribution is -2.38. The number of anilines is 1. The van der Waals surface area contributed by atoms with Gasteiger partial charge in [0.05, 0.1) is 25.5 Å². The quantitative estimate of drug-likeness (QED) is 0.176. The van der Waals surface area contributed by atoms with Gasteiger partial charge in [0, 0.05) is 30.3 Å². The maximum Gasteiger partial charge on any atom is 0.263 e. The van der Waals surface area contributed by atoms with Crippen LogP contribution in [-0.2, 0) is 13.6 Å². The molecule has 6 rings (SSSR count). The standard InChI is InChI=1S/C37H37N3O2S/c1-6-25(2)38-35-22-28(29-15-10-11-16-30(29)40(35)24-26-13-8-7-9-14-26)23-36-39(3)31-20-19-27(21-34(31)43-36)37-32(41-4)17-12-18-33(37)42-5/h7-23,25H,6,24H2,1-5H3/p+1. The molecule has 5 nitrogen and oxygen atoms in total. The largest absolute Gasteiger partial charge is 0.496 e. The van der Waals surface area contributed by atoms with Crippen LogP contribution in [0, 0.1) is 0 Å². The van der Waals surface area contributed by atoms with Crippen LogP contribution in [0.2, 0.25) is 0 Å². The number of aryl methyl sites for hydroxylation is 1. The number of allylic oxidation sites excluding steroid dienone is 2. The summed E-state index contributed by atoms with van der Waals surface area (Å²) in [5.74, 6) is 2.72. The fraction of sp³-hybridized carbons (Fsp3) is 0.216. The Balaban J connectivity index is 1.45. The molecule has 1 unspecified atom stereocenters. The molecule has 1 aromatic heterocycles. The van der Waals surface area contributed by atoms with Gasteiger partial charge in [-0.3, -0.25) is 0 Å². The predicted octanol–water partition coefficient (Wildman–Crippen LogP) is 8.20. The Hall–Kier alpha value is -4.55. The maximum absolute atomic E-state index is 5.70. The summed E-state index contributed by atoms with van der Waals surface area (Å²) in [6.45, 7) is 5.26. The Labute approximate surface area is 258 Å². The lowest BCUT2D eigenvalue weighted by Gasteiger charge is -2.35. The van der Waals surface area contributed by atoms with Crippen molar-refractivity contribution in [1.82, 2.24) is 5.32 Å². The van der Waals surface area contributed by atoms with Gasteiger partial charge in [-0.2, -0.15) is 4.57 Å². The Kier molecular flexibility index (Phi) is 8.21. The van der Waals surface area contributed by atoms with E-state index in [0.29, 0.717) is 6.04 Å². The van der Waals surface area contributed by atoms with Crippen LogP contribution in [0.5, 0.6) is 11.5 Å². The highest BCUT2D eigenvalue weighted by Crippen LogP contribution is 2.41. The van der Waals surface area contributed by atoms with Crippen molar-refractivity contribution in [3.63, 3.8) is 0 Å². The first-order valence-corrected chi connectivity index (χ1v) is 15.6. The average Bonchev–Trinajstić information content (AvgIpc) is 3.36. The Morgan fingerprint density at radius 3 is 2.35 bits per heavy atom. The van der Waals surface area contributed by atoms with Gasteiger partial charge in [0.2, 0.25) is 5.52 Å². The second-order valence-corrected chi connectivity index (χ2v) is 12.0. The zero-order valence-electron chi connectivity index (χ0n) is 25.4. The SMILES string of the molecule is CCC(C)NC1=CC(=Cc2sc3cc(-c4c(OC)cccc4OC)ccc3[n+]2C)c2ccccc2N1Cc1ccccc1. The normalized spacial score (nSPS) is 14.4. The van der Waals surface area contributed by atoms with E-state index in [4.69, 9.17) is 9.47 Å². The van der Waals surface area contributed by atoms with Crippen molar-refractivity contribution in [2.24, 2.45) is 7.05 Å². The molecule has 0 saturated carbocycles. The van der Waals surface area contributed by atoms with Crippen molar-refractivity contribution in [2.45, 2.75) is 32.9 Å². The molecule has 2 heterocycles. The average molecular weight is 589 g/mol. The third-order valence-electron chi connectivity index (χ3n) is 8.14. The number of aromatic nitrogens is 1. The van der Waals surface area contributed by atoms with E-state index < -0.39 is 0 Å². The van der Waals surface area contributed by atoms with E-state index >= 15 is 0 Å². The molecule has 1 aliphatic rings. The molecule has 0 amide bonds. The summed E-state index contributed by atoms with van der Waals surface area (Å²) in [6.07, 6.45) is 5.68. The molecule has 43 heavy (non-hydrogen) atoms. The first kappa shape index (κ1) is 28.6. The molecule has 6 heteroatoms. The van der Waals surface area contributed by atoms with Crippen molar-refractivity contribution in [1.29, 1.82) is 0 Å². The zero-order chi connectivity index (χ0) is 29.9. The monoisotopic (exact) mass is 588 g/mol. The van der Waals surface area contributed by atoms with Crippen LogP contribution in [0.1, 0.15) is 36.4 Å². The summed E-state index contributed by atoms with van der Waals surface area (Å²) in [4.78, 5) is 2.41. The van der Waals surface area contributed by atoms with E-state index in [-0.39, 0.29) is 0 Å². The number of para-hydroxylation sites is 1. The summed E-state index contributed by atoms with van der Waals surface area (Å²) >= 11 is 1.79. The summed E-state index contributed by atoms with van der Waals surface area (Å²) in [6, 6.07) is 32.3. The maximum atomic E-state index is 5.70. The predicted molar refractivity (Wildman–Crippen MR) is 179 cm³/mol. The number of thiazole rings is 1. The molecular weight excluding hydrogens is 550 g/mol. The van der Waals surface area contributed by atoms with Crippen molar-refractivity contribution in [3.8, 4) is 22.6 Å². The third kappa shape index (κ3) is 5.63. The van der Waals surface area contributed by atoms with E-state index in [0.717, 1.165) is 41.4 Å². The van der Waals surface area contributed by atoms with Gasteiger partial charge in [-0.15, -0.1) is 0 Å². The van der Waals surface area contributed by atoms with Crippen LogP contribution in [-0.4, -0.2) is 20.3 Å². The molecule has 4 aromatic carbocycles. The Morgan fingerprint density at radius 1 is 0.907 bits per heavy atom. The number of methoxy groups -OCH3 is 2. The van der Waals surface area contributed by atoms with Gasteiger partial charge in [0.1, 0.15) is 29.1 Å². The minimum atomic E-state index is 0.349. The van der Waals surface area contributed by atoms with Crippen LogP contribution in [0.4, 0.5) is 5.69 Å². The molecule has 1 atom stereocenters. The Morgan fingerprint density at radius 2 is 1.63 bits per heavy atom. The fourth-order valence-corrected chi connectivity index (χ4v) is 6.78. The summed E-state index contributed by atoms with van der Waals surface area (Å²) in [5, 5.41) is 4.98. The number of rotatable bonds is 9. The number of hydrogen-bond donors (Lipinski definition) is 1. The Bertz CT molecular complexity index is 1800. The molecule has 0 spiro atoms. The van der Waals surface area contributed by atoms with Crippen LogP contribution >= 0.6 is 11.3 Å². The topological polar surface area (TPSA) is 37.6 Å². The number of nitrogens with zero attached hydrogens (tertiary/aromatic N) is 2. The van der Waals surface area contributed by atoms with Gasteiger partial charge < -0.3 is 19.7 Å². The highest BCUT2D eigenvalue weighted by atomic mass is 32.1. The van der Waals surface area contributed by atoms with Gasteiger partial charge in [0.15, 0.2) is 0 Å². The number of benzene rings is 4. The lowest BCUT2D eigenvalue weighted by molar-refractivity contribution is -0.642. The smallest absolute Gasteiger partial charge is 0.263 e. The molecule has 0 aliphatic carbocycles. The van der Waals surface area contributed by atoms with Gasteiger partial charge in [-0.05, 0) is 66.5 Å². The number of ether oxygens (including phenoxy) is 2. The molecule has 5 aromatic rings. The summed E-state index contributed by atoms with van der Waals surface area (Å²) in [5.41, 5.74) is 8.13. The second-order valence-electron chi connectivity index (χ2n) is 10.9. The van der Waals surface area contributed by atoms with Crippen molar-refractivity contribution >= 4 is 38.9 Å². The number of fused-ring (bicyclic) bond motifs is 2. The van der Waals surface area contributed by atoms with Gasteiger partial charge in [0.25, 0.3) is 5.01 Å². The number of nitrogens with one attached hydrogen (secondary N) is 1. The minimum Gasteiger partial charge on any atom is -0.496 e. The van der Waals surface area contributed by atoms with E-state index in [1.165, 1.54) is 37.6 Å². The molecule has 1 aliphatic heterocycles. The molecular formula is C37H38N3O2S+. The van der Waals surface area contributed by atoms with Crippen molar-refractivity contribution in [3.05, 3.63) is 119 Å². The zero-order valence-corrected chi connectivity index (χ0v) is 26.2.